The molecule has 3 aromatic heterocycles. The fourth-order valence-electron chi connectivity index (χ4n) is 12.3. The Kier molecular flexibility index (Phi) is 26.7. The molecule has 0 spiro atoms. The van der Waals surface area contributed by atoms with Crippen molar-refractivity contribution in [3.63, 3.8) is 0 Å². The van der Waals surface area contributed by atoms with E-state index in [1.165, 1.54) is 63.3 Å². The van der Waals surface area contributed by atoms with Crippen molar-refractivity contribution in [1.82, 2.24) is 45.0 Å². The van der Waals surface area contributed by atoms with Gasteiger partial charge in [0.2, 0.25) is 29.5 Å². The second kappa shape index (κ2) is 36.6. The Bertz CT molecular complexity index is 5080. The lowest BCUT2D eigenvalue weighted by Crippen LogP contribution is -2.50. The molecule has 5 N–H and O–H groups in total. The summed E-state index contributed by atoms with van der Waals surface area (Å²) in [4.78, 5) is 101. The Morgan fingerprint density at radius 2 is 0.800 bits per heavy atom. The third kappa shape index (κ3) is 20.4. The molecular formula is C77H77Cl6F3N18O10S. The minimum atomic E-state index is -0.572. The first-order valence-corrected chi connectivity index (χ1v) is 39.3. The largest absolute Gasteiger partial charge is 0.455 e. The molecule has 0 unspecified atom stereocenters. The van der Waals surface area contributed by atoms with E-state index in [1.54, 1.807) is 101 Å². The van der Waals surface area contributed by atoms with E-state index in [1.807, 2.05) is 62.5 Å². The molecule has 6 aliphatic heterocycles. The molecular weight excluding hydrogens is 1640 g/mol. The highest BCUT2D eigenvalue weighted by Gasteiger charge is 2.36. The second-order valence-corrected chi connectivity index (χ2v) is 31.3. The van der Waals surface area contributed by atoms with Crippen molar-refractivity contribution in [3.8, 4) is 17.6 Å². The number of para-hydroxylation sites is 3. The van der Waals surface area contributed by atoms with E-state index in [4.69, 9.17) is 99.0 Å². The number of aromatic nitrogens is 6. The van der Waals surface area contributed by atoms with Crippen molar-refractivity contribution in [2.75, 3.05) is 151 Å². The lowest BCUT2D eigenvalue weighted by Gasteiger charge is -2.36. The van der Waals surface area contributed by atoms with E-state index >= 15 is 4.39 Å². The highest BCUT2D eigenvalue weighted by Crippen LogP contribution is 2.42. The van der Waals surface area contributed by atoms with Gasteiger partial charge in [0, 0.05) is 114 Å². The molecule has 6 aliphatic rings. The molecule has 604 valence electrons. The Balaban J connectivity index is 0.000000147. The summed E-state index contributed by atoms with van der Waals surface area (Å²) >= 11 is 38.6. The number of rotatable bonds is 11. The number of carbonyl (C=O) groups excluding carboxylic acids is 5. The molecule has 115 heavy (non-hydrogen) atoms. The maximum absolute atomic E-state index is 15.1. The average molecular weight is 1720 g/mol. The summed E-state index contributed by atoms with van der Waals surface area (Å²) < 4.78 is 71.3. The standard InChI is InChI=1S/C27H27Cl2FN6O4.C22H19Cl2FN6O2.C15H22FN3O2.C13H9Cl2N3O2S/c1-27(2,3)40-26(38)35-11-9-34(10-12-35)21-8-7-16(13-20(21)30)32-25-31-14-17-23(33-25)39-15-36(24(17)37)22-18(28)5-4-6-19(22)29;23-15-2-1-3-16(24)19(15)31-12-33-20-14(21(31)32)11-27-22(29-20)28-13-4-5-18(17(25)10-13)30-8-6-26-7-9-30;1-15(2,3)21-14(20)19-8-6-18(7-9-19)13-5-4-11(17)10-12(13)16;1-21-13-16-5-7-11(17-13)20-6-18(12(7)19)10-8(14)3-2-4-9(10)15/h4-8,13-14H,9-12,15H2,1-3H3,(H,31,32,33);1-5,10-11,26H,6-9,12H2,(H,27,28,29);4-5,10H,6-9,17H2,1-3H3;2-5H,6H2,1H3. The van der Waals surface area contributed by atoms with E-state index in [-0.39, 0.29) is 102 Å². The van der Waals surface area contributed by atoms with Crippen LogP contribution in [0.5, 0.6) is 17.6 Å². The zero-order valence-corrected chi connectivity index (χ0v) is 68.3. The van der Waals surface area contributed by atoms with Gasteiger partial charge >= 0.3 is 12.2 Å². The topological polar surface area (TPSA) is 297 Å². The third-order valence-electron chi connectivity index (χ3n) is 17.8. The number of hydrogen-bond acceptors (Lipinski definition) is 24. The number of anilines is 11. The number of nitrogens with zero attached hydrogens (tertiary/aromatic N) is 14. The molecule has 0 aliphatic carbocycles. The Hall–Kier alpha value is -10.5. The minimum Gasteiger partial charge on any atom is -0.455 e. The van der Waals surface area contributed by atoms with Gasteiger partial charge in [-0.2, -0.15) is 15.0 Å². The molecule has 9 heterocycles. The van der Waals surface area contributed by atoms with Crippen LogP contribution in [0.3, 0.4) is 0 Å². The van der Waals surface area contributed by atoms with Crippen molar-refractivity contribution in [2.24, 2.45) is 0 Å². The zero-order valence-electron chi connectivity index (χ0n) is 63.0. The van der Waals surface area contributed by atoms with Crippen molar-refractivity contribution in [1.29, 1.82) is 0 Å². The predicted molar refractivity (Wildman–Crippen MR) is 439 cm³/mol. The van der Waals surface area contributed by atoms with E-state index in [0.29, 0.717) is 139 Å². The number of hydrogen-bond donors (Lipinski definition) is 4. The Morgan fingerprint density at radius 1 is 0.470 bits per heavy atom. The first-order valence-electron chi connectivity index (χ1n) is 35.8. The number of halogens is 9. The van der Waals surface area contributed by atoms with Gasteiger partial charge in [0.1, 0.15) is 45.3 Å². The van der Waals surface area contributed by atoms with Crippen LogP contribution in [0.4, 0.5) is 85.8 Å². The highest BCUT2D eigenvalue weighted by molar-refractivity contribution is 7.98. The normalized spacial score (nSPS) is 15.4. The fourth-order valence-corrected chi connectivity index (χ4v) is 14.5. The summed E-state index contributed by atoms with van der Waals surface area (Å²) in [6.45, 7) is 17.8. The van der Waals surface area contributed by atoms with Crippen LogP contribution in [-0.2, 0) is 9.47 Å². The molecule has 38 heteroatoms. The molecule has 0 radical (unpaired) electrons. The van der Waals surface area contributed by atoms with Crippen LogP contribution >= 0.6 is 81.4 Å². The molecule has 9 aromatic rings. The van der Waals surface area contributed by atoms with Crippen LogP contribution in [0, 0.1) is 17.5 Å². The molecule has 6 aromatic carbocycles. The van der Waals surface area contributed by atoms with Crippen LogP contribution in [0.2, 0.25) is 30.1 Å². The summed E-state index contributed by atoms with van der Waals surface area (Å²) in [5, 5.41) is 11.7. The predicted octanol–water partition coefficient (Wildman–Crippen LogP) is 15.8. The van der Waals surface area contributed by atoms with Gasteiger partial charge in [0.25, 0.3) is 17.7 Å². The first-order chi connectivity index (χ1) is 54.9. The summed E-state index contributed by atoms with van der Waals surface area (Å²) in [5.74, 6) is -1.40. The molecule has 3 fully saturated rings. The lowest BCUT2D eigenvalue weighted by molar-refractivity contribution is 0.0230. The van der Waals surface area contributed by atoms with Crippen LogP contribution < -0.4 is 65.3 Å². The lowest BCUT2D eigenvalue weighted by atomic mass is 10.2. The number of nitrogens with two attached hydrogens (primary N) is 1. The number of thioether (sulfide) groups is 1. The van der Waals surface area contributed by atoms with Gasteiger partial charge in [0.05, 0.1) is 64.3 Å². The summed E-state index contributed by atoms with van der Waals surface area (Å²) in [6.07, 6.45) is 5.30. The van der Waals surface area contributed by atoms with Crippen molar-refractivity contribution in [3.05, 3.63) is 192 Å². The van der Waals surface area contributed by atoms with Crippen LogP contribution in [-0.4, -0.2) is 186 Å². The molecule has 28 nitrogen and oxygen atoms in total. The molecule has 0 bridgehead atoms. The summed E-state index contributed by atoms with van der Waals surface area (Å²) in [6, 6.07) is 29.2. The van der Waals surface area contributed by atoms with Crippen molar-refractivity contribution in [2.45, 2.75) is 57.9 Å². The van der Waals surface area contributed by atoms with Gasteiger partial charge in [-0.1, -0.05) is 99.6 Å². The Morgan fingerprint density at radius 3 is 1.14 bits per heavy atom. The van der Waals surface area contributed by atoms with Gasteiger partial charge in [-0.05, 0) is 139 Å². The number of fused-ring (bicyclic) bond motifs is 3. The molecule has 3 saturated heterocycles. The van der Waals surface area contributed by atoms with Gasteiger partial charge in [-0.25, -0.2) is 37.7 Å². The molecule has 5 amide bonds. The number of ether oxygens (including phenoxy) is 5. The van der Waals surface area contributed by atoms with Crippen LogP contribution in [0.15, 0.2) is 133 Å². The van der Waals surface area contributed by atoms with E-state index in [9.17, 15) is 32.8 Å². The van der Waals surface area contributed by atoms with E-state index in [0.717, 1.165) is 26.2 Å². The fraction of sp³-hybridized carbons (Fsp3) is 0.312. The zero-order chi connectivity index (χ0) is 82.2. The quantitative estimate of drug-likeness (QED) is 0.0531. The maximum Gasteiger partial charge on any atom is 0.410 e. The SMILES string of the molecule is CC(C)(C)OC(=O)N1CCN(c2ccc(N)cc2F)CC1.CC(C)(C)OC(=O)N1CCN(c2ccc(Nc3ncc4c(n3)OCN(c3c(Cl)cccc3Cl)C4=O)cc2F)CC1.CSc1ncc2c(n1)OCN(c1c(Cl)cccc1Cl)C2=O.O=C1c2cnc(Nc3ccc(N4CCNCC4)c(F)c3)nc2OCN1c1c(Cl)cccc1Cl. The number of amides is 5. The van der Waals surface area contributed by atoms with Crippen LogP contribution in [0.1, 0.15) is 72.6 Å². The summed E-state index contributed by atoms with van der Waals surface area (Å²) in [5.41, 5.74) is 9.00. The first kappa shape index (κ1) is 84.0. The van der Waals surface area contributed by atoms with Gasteiger partial charge in [-0.3, -0.25) is 29.1 Å². The van der Waals surface area contributed by atoms with Gasteiger partial charge in [0.15, 0.2) is 25.3 Å². The summed E-state index contributed by atoms with van der Waals surface area (Å²) in [7, 11) is 0. The van der Waals surface area contributed by atoms with Gasteiger partial charge in [-0.15, -0.1) is 0 Å². The third-order valence-corrected chi connectivity index (χ3v) is 20.2. The number of nitrogens with one attached hydrogen (secondary N) is 3. The number of piperazine rings is 3. The maximum atomic E-state index is 15.1. The van der Waals surface area contributed by atoms with Crippen molar-refractivity contribution >= 4 is 174 Å². The monoisotopic (exact) mass is 1710 g/mol. The molecule has 0 saturated carbocycles. The van der Waals surface area contributed by atoms with E-state index < -0.39 is 22.9 Å². The van der Waals surface area contributed by atoms with Crippen LogP contribution in [0.25, 0.3) is 0 Å². The number of benzene rings is 6. The average Bonchev–Trinajstić information content (AvgIpc) is 0.779. The molecule has 15 rings (SSSR count). The molecule has 0 atom stereocenters. The second-order valence-electron chi connectivity index (χ2n) is 28.1. The number of carbonyl (C=O) groups is 5. The van der Waals surface area contributed by atoms with Gasteiger partial charge < -0.3 is 69.9 Å². The minimum absolute atomic E-state index is 0.000120. The highest BCUT2D eigenvalue weighted by atomic mass is 35.5. The van der Waals surface area contributed by atoms with Crippen molar-refractivity contribution < 1.29 is 60.8 Å². The Labute approximate surface area is 694 Å². The van der Waals surface area contributed by atoms with E-state index in [2.05, 4.69) is 45.9 Å². The smallest absolute Gasteiger partial charge is 0.410 e. The number of nitrogen functional groups attached to an aromatic ring is 1.